The molecule has 0 saturated carbocycles. The van der Waals surface area contributed by atoms with Gasteiger partial charge in [0, 0.05) is 45.1 Å². The van der Waals surface area contributed by atoms with Crippen molar-refractivity contribution >= 4 is 21.6 Å². The normalized spacial score (nSPS) is 16.0. The second-order valence-corrected chi connectivity index (χ2v) is 7.55. The van der Waals surface area contributed by atoms with Crippen LogP contribution in [0.4, 0.5) is 5.82 Å². The van der Waals surface area contributed by atoms with Crippen LogP contribution < -0.4 is 4.90 Å². The molecule has 21 heavy (non-hydrogen) atoms. The minimum Gasteiger partial charge on any atom is -0.353 e. The van der Waals surface area contributed by atoms with E-state index < -0.39 is 9.84 Å². The van der Waals surface area contributed by atoms with Gasteiger partial charge in [0.2, 0.25) is 5.91 Å². The van der Waals surface area contributed by atoms with Crippen molar-refractivity contribution < 1.29 is 13.2 Å². The van der Waals surface area contributed by atoms with E-state index in [1.807, 2.05) is 23.1 Å². The highest BCUT2D eigenvalue weighted by Crippen LogP contribution is 2.13. The average Bonchev–Trinajstić information content (AvgIpc) is 2.47. The highest BCUT2D eigenvalue weighted by Gasteiger charge is 2.21. The van der Waals surface area contributed by atoms with Gasteiger partial charge in [0.1, 0.15) is 15.7 Å². The van der Waals surface area contributed by atoms with Gasteiger partial charge in [-0.05, 0) is 18.6 Å². The van der Waals surface area contributed by atoms with Crippen molar-refractivity contribution in [3.05, 3.63) is 24.4 Å². The van der Waals surface area contributed by atoms with E-state index in [1.54, 1.807) is 6.20 Å². The van der Waals surface area contributed by atoms with Crippen LogP contribution in [0.2, 0.25) is 0 Å². The van der Waals surface area contributed by atoms with Gasteiger partial charge in [0.25, 0.3) is 0 Å². The molecule has 1 aliphatic rings. The molecule has 1 aliphatic heterocycles. The van der Waals surface area contributed by atoms with E-state index in [2.05, 4.69) is 9.88 Å². The summed E-state index contributed by atoms with van der Waals surface area (Å²) in [6.07, 6.45) is 3.66. The lowest BCUT2D eigenvalue weighted by Crippen LogP contribution is -2.49. The molecule has 7 heteroatoms. The summed E-state index contributed by atoms with van der Waals surface area (Å²) < 4.78 is 22.1. The average molecular weight is 311 g/mol. The topological polar surface area (TPSA) is 70.6 Å². The maximum Gasteiger partial charge on any atom is 0.222 e. The fraction of sp³-hybridized carbons (Fsp3) is 0.571. The number of pyridine rings is 1. The predicted octanol–water partition coefficient (Wildman–Crippen LogP) is 0.555. The second-order valence-electron chi connectivity index (χ2n) is 5.29. The van der Waals surface area contributed by atoms with Crippen LogP contribution in [-0.2, 0) is 14.6 Å². The van der Waals surface area contributed by atoms with Gasteiger partial charge in [-0.3, -0.25) is 4.79 Å². The summed E-state index contributed by atoms with van der Waals surface area (Å²) in [7, 11) is -2.98. The molecule has 1 fully saturated rings. The SMILES string of the molecule is CS(=O)(=O)CCCC(=O)N1CCN(c2ccccn2)CC1. The van der Waals surface area contributed by atoms with Crippen LogP contribution in [-0.4, -0.2) is 62.4 Å². The zero-order valence-electron chi connectivity index (χ0n) is 12.2. The molecule has 0 bridgehead atoms. The summed E-state index contributed by atoms with van der Waals surface area (Å²) in [5, 5.41) is 0. The van der Waals surface area contributed by atoms with Crippen molar-refractivity contribution in [1.82, 2.24) is 9.88 Å². The molecule has 1 aromatic heterocycles. The van der Waals surface area contributed by atoms with Gasteiger partial charge >= 0.3 is 0 Å². The first-order chi connectivity index (χ1) is 9.96. The van der Waals surface area contributed by atoms with Gasteiger partial charge in [-0.2, -0.15) is 0 Å². The molecule has 0 atom stereocenters. The van der Waals surface area contributed by atoms with E-state index in [9.17, 15) is 13.2 Å². The Bertz CT molecular complexity index is 566. The Morgan fingerprint density at radius 2 is 1.95 bits per heavy atom. The third kappa shape index (κ3) is 5.00. The highest BCUT2D eigenvalue weighted by atomic mass is 32.2. The fourth-order valence-electron chi connectivity index (χ4n) is 2.37. The van der Waals surface area contributed by atoms with Gasteiger partial charge in [-0.1, -0.05) is 6.07 Å². The lowest BCUT2D eigenvalue weighted by atomic mass is 10.2. The lowest BCUT2D eigenvalue weighted by molar-refractivity contribution is -0.131. The number of piperazine rings is 1. The predicted molar refractivity (Wildman–Crippen MR) is 82.0 cm³/mol. The van der Waals surface area contributed by atoms with Crippen molar-refractivity contribution in [3.8, 4) is 0 Å². The Morgan fingerprint density at radius 3 is 2.52 bits per heavy atom. The Kier molecular flexibility index (Phi) is 5.17. The molecule has 0 aromatic carbocycles. The summed E-state index contributed by atoms with van der Waals surface area (Å²) in [5.41, 5.74) is 0. The zero-order valence-corrected chi connectivity index (χ0v) is 13.1. The molecular weight excluding hydrogens is 290 g/mol. The number of sulfone groups is 1. The minimum absolute atomic E-state index is 0.0410. The van der Waals surface area contributed by atoms with E-state index in [1.165, 1.54) is 6.26 Å². The molecule has 0 N–H and O–H groups in total. The van der Waals surface area contributed by atoms with Crippen molar-refractivity contribution in [2.75, 3.05) is 43.1 Å². The van der Waals surface area contributed by atoms with Crippen molar-refractivity contribution in [1.29, 1.82) is 0 Å². The molecule has 0 aliphatic carbocycles. The first-order valence-corrected chi connectivity index (χ1v) is 9.13. The van der Waals surface area contributed by atoms with Crippen LogP contribution in [0.15, 0.2) is 24.4 Å². The molecular formula is C14H21N3O3S. The molecule has 116 valence electrons. The lowest BCUT2D eigenvalue weighted by Gasteiger charge is -2.35. The number of hydrogen-bond acceptors (Lipinski definition) is 5. The maximum absolute atomic E-state index is 12.0. The molecule has 2 heterocycles. The number of carbonyl (C=O) groups is 1. The molecule has 6 nitrogen and oxygen atoms in total. The zero-order chi connectivity index (χ0) is 15.3. The van der Waals surface area contributed by atoms with Gasteiger partial charge in [0.15, 0.2) is 0 Å². The molecule has 0 unspecified atom stereocenters. The summed E-state index contributed by atoms with van der Waals surface area (Å²) in [4.78, 5) is 20.3. The highest BCUT2D eigenvalue weighted by molar-refractivity contribution is 7.90. The van der Waals surface area contributed by atoms with Crippen LogP contribution in [0, 0.1) is 0 Å². The summed E-state index contributed by atoms with van der Waals surface area (Å²) in [5.74, 6) is 1.05. The van der Waals surface area contributed by atoms with E-state index in [0.29, 0.717) is 25.9 Å². The quantitative estimate of drug-likeness (QED) is 0.794. The van der Waals surface area contributed by atoms with E-state index in [0.717, 1.165) is 18.9 Å². The number of carbonyl (C=O) groups excluding carboxylic acids is 1. The summed E-state index contributed by atoms with van der Waals surface area (Å²) >= 11 is 0. The number of aromatic nitrogens is 1. The van der Waals surface area contributed by atoms with Crippen LogP contribution in [0.3, 0.4) is 0 Å². The van der Waals surface area contributed by atoms with Crippen LogP contribution in [0.1, 0.15) is 12.8 Å². The number of rotatable bonds is 5. The van der Waals surface area contributed by atoms with Gasteiger partial charge in [0.05, 0.1) is 5.75 Å². The third-order valence-corrected chi connectivity index (χ3v) is 4.54. The van der Waals surface area contributed by atoms with Crippen molar-refractivity contribution in [2.24, 2.45) is 0 Å². The third-order valence-electron chi connectivity index (χ3n) is 3.51. The van der Waals surface area contributed by atoms with Crippen molar-refractivity contribution in [2.45, 2.75) is 12.8 Å². The first-order valence-electron chi connectivity index (χ1n) is 7.07. The fourth-order valence-corrected chi connectivity index (χ4v) is 3.04. The molecule has 0 radical (unpaired) electrons. The molecule has 1 saturated heterocycles. The molecule has 1 aromatic rings. The van der Waals surface area contributed by atoms with E-state index in [-0.39, 0.29) is 11.7 Å². The smallest absolute Gasteiger partial charge is 0.222 e. The van der Waals surface area contributed by atoms with Crippen LogP contribution >= 0.6 is 0 Å². The standard InChI is InChI=1S/C14H21N3O3S/c1-21(19,20)12-4-6-14(18)17-10-8-16(9-11-17)13-5-2-3-7-15-13/h2-3,5,7H,4,6,8-12H2,1H3. The van der Waals surface area contributed by atoms with Gasteiger partial charge < -0.3 is 9.80 Å². The number of nitrogens with zero attached hydrogens (tertiary/aromatic N) is 3. The number of amides is 1. The maximum atomic E-state index is 12.0. The Hall–Kier alpha value is -1.63. The monoisotopic (exact) mass is 311 g/mol. The molecule has 0 spiro atoms. The minimum atomic E-state index is -2.98. The number of anilines is 1. The van der Waals surface area contributed by atoms with Gasteiger partial charge in [-0.25, -0.2) is 13.4 Å². The second kappa shape index (κ2) is 6.89. The number of hydrogen-bond donors (Lipinski definition) is 0. The van der Waals surface area contributed by atoms with Crippen LogP contribution in [0.25, 0.3) is 0 Å². The summed E-state index contributed by atoms with van der Waals surface area (Å²) in [6, 6.07) is 5.79. The van der Waals surface area contributed by atoms with E-state index >= 15 is 0 Å². The Balaban J connectivity index is 1.77. The molecule has 1 amide bonds. The summed E-state index contributed by atoms with van der Waals surface area (Å²) in [6.45, 7) is 2.84. The Labute approximate surface area is 125 Å². The Morgan fingerprint density at radius 1 is 1.24 bits per heavy atom. The first kappa shape index (κ1) is 15.8. The van der Waals surface area contributed by atoms with E-state index in [4.69, 9.17) is 0 Å². The molecule has 2 rings (SSSR count). The van der Waals surface area contributed by atoms with Gasteiger partial charge in [-0.15, -0.1) is 0 Å². The largest absolute Gasteiger partial charge is 0.353 e. The van der Waals surface area contributed by atoms with Crippen molar-refractivity contribution in [3.63, 3.8) is 0 Å². The van der Waals surface area contributed by atoms with Crippen LogP contribution in [0.5, 0.6) is 0 Å².